The summed E-state index contributed by atoms with van der Waals surface area (Å²) >= 11 is 0. The van der Waals surface area contributed by atoms with Crippen LogP contribution in [0.1, 0.15) is 35.5 Å². The average Bonchev–Trinajstić information content (AvgIpc) is 2.45. The number of rotatable bonds is 4. The average molecular weight is 251 g/mol. The molecule has 1 atom stereocenters. The molecule has 0 radical (unpaired) electrons. The third-order valence-electron chi connectivity index (χ3n) is 3.08. The van der Waals surface area contributed by atoms with Gasteiger partial charge in [-0.3, -0.25) is 4.98 Å². The Hall–Kier alpha value is -2.18. The van der Waals surface area contributed by atoms with Gasteiger partial charge in [0, 0.05) is 18.3 Å². The first-order chi connectivity index (χ1) is 9.19. The zero-order valence-electron chi connectivity index (χ0n) is 11.2. The number of aryl methyl sites for hydroxylation is 1. The molecule has 0 amide bonds. The highest BCUT2D eigenvalue weighted by Crippen LogP contribution is 2.13. The largest absolute Gasteiger partial charge is 0.305 e. The smallest absolute Gasteiger partial charge is 0.0991 e. The third kappa shape index (κ3) is 3.64. The first kappa shape index (κ1) is 13.3. The van der Waals surface area contributed by atoms with Gasteiger partial charge in [-0.2, -0.15) is 5.26 Å². The summed E-state index contributed by atoms with van der Waals surface area (Å²) in [6, 6.07) is 16.1. The van der Waals surface area contributed by atoms with Gasteiger partial charge in [-0.25, -0.2) is 0 Å². The molecule has 1 unspecified atom stereocenters. The molecule has 0 aliphatic rings. The van der Waals surface area contributed by atoms with E-state index >= 15 is 0 Å². The minimum Gasteiger partial charge on any atom is -0.305 e. The number of nitriles is 1. The Morgan fingerprint density at radius 1 is 1.21 bits per heavy atom. The number of hydrogen-bond acceptors (Lipinski definition) is 3. The molecule has 0 saturated carbocycles. The summed E-state index contributed by atoms with van der Waals surface area (Å²) in [5.74, 6) is 0. The van der Waals surface area contributed by atoms with Gasteiger partial charge in [0.15, 0.2) is 0 Å². The van der Waals surface area contributed by atoms with Crippen molar-refractivity contribution < 1.29 is 0 Å². The fraction of sp³-hybridized carbons (Fsp3) is 0.250. The van der Waals surface area contributed by atoms with Gasteiger partial charge in [-0.05, 0) is 43.7 Å². The maximum absolute atomic E-state index is 8.77. The Kier molecular flexibility index (Phi) is 4.27. The van der Waals surface area contributed by atoms with E-state index in [2.05, 4.69) is 23.3 Å². The second-order valence-electron chi connectivity index (χ2n) is 4.61. The molecule has 0 saturated heterocycles. The fourth-order valence-electron chi connectivity index (χ4n) is 1.92. The lowest BCUT2D eigenvalue weighted by atomic mass is 10.1. The molecule has 0 bridgehead atoms. The van der Waals surface area contributed by atoms with Gasteiger partial charge in [0.1, 0.15) is 0 Å². The van der Waals surface area contributed by atoms with Crippen LogP contribution in [0.25, 0.3) is 0 Å². The summed E-state index contributed by atoms with van der Waals surface area (Å²) < 4.78 is 0. The number of pyridine rings is 1. The monoisotopic (exact) mass is 251 g/mol. The molecule has 96 valence electrons. The number of nitrogens with zero attached hydrogens (tertiary/aromatic N) is 2. The zero-order valence-corrected chi connectivity index (χ0v) is 11.2. The van der Waals surface area contributed by atoms with Crippen molar-refractivity contribution in [2.75, 3.05) is 0 Å². The van der Waals surface area contributed by atoms with Gasteiger partial charge in [-0.15, -0.1) is 0 Å². The van der Waals surface area contributed by atoms with Crippen LogP contribution in [0.3, 0.4) is 0 Å². The summed E-state index contributed by atoms with van der Waals surface area (Å²) in [5.41, 5.74) is 3.94. The van der Waals surface area contributed by atoms with Crippen LogP contribution >= 0.6 is 0 Å². The molecule has 0 spiro atoms. The van der Waals surface area contributed by atoms with E-state index in [4.69, 9.17) is 5.26 Å². The van der Waals surface area contributed by atoms with Crippen LogP contribution in [0.2, 0.25) is 0 Å². The van der Waals surface area contributed by atoms with Crippen LogP contribution in [0, 0.1) is 18.3 Å². The van der Waals surface area contributed by atoms with Crippen LogP contribution in [0.15, 0.2) is 42.5 Å². The predicted octanol–water partition coefficient (Wildman–Crippen LogP) is 3.11. The Labute approximate surface area is 113 Å². The van der Waals surface area contributed by atoms with Crippen molar-refractivity contribution in [1.82, 2.24) is 10.3 Å². The summed E-state index contributed by atoms with van der Waals surface area (Å²) in [6.07, 6.45) is 0. The summed E-state index contributed by atoms with van der Waals surface area (Å²) in [5, 5.41) is 12.2. The van der Waals surface area contributed by atoms with Gasteiger partial charge >= 0.3 is 0 Å². The van der Waals surface area contributed by atoms with Gasteiger partial charge in [0.05, 0.1) is 17.3 Å². The molecule has 3 heteroatoms. The van der Waals surface area contributed by atoms with Crippen molar-refractivity contribution in [3.63, 3.8) is 0 Å². The van der Waals surface area contributed by atoms with E-state index in [1.165, 1.54) is 5.56 Å². The van der Waals surface area contributed by atoms with Gasteiger partial charge in [0.2, 0.25) is 0 Å². The van der Waals surface area contributed by atoms with Gasteiger partial charge in [0.25, 0.3) is 0 Å². The lowest BCUT2D eigenvalue weighted by Crippen LogP contribution is -2.18. The van der Waals surface area contributed by atoms with Crippen LogP contribution in [0.4, 0.5) is 0 Å². The molecule has 1 aromatic carbocycles. The van der Waals surface area contributed by atoms with Crippen LogP contribution < -0.4 is 5.32 Å². The van der Waals surface area contributed by atoms with Gasteiger partial charge < -0.3 is 5.32 Å². The van der Waals surface area contributed by atoms with Crippen molar-refractivity contribution in [2.45, 2.75) is 26.4 Å². The maximum Gasteiger partial charge on any atom is 0.0991 e. The second-order valence-corrected chi connectivity index (χ2v) is 4.61. The maximum atomic E-state index is 8.77. The van der Waals surface area contributed by atoms with E-state index in [0.717, 1.165) is 17.9 Å². The number of hydrogen-bond donors (Lipinski definition) is 1. The highest BCUT2D eigenvalue weighted by molar-refractivity contribution is 5.32. The minimum absolute atomic E-state index is 0.232. The highest BCUT2D eigenvalue weighted by atomic mass is 14.9. The number of nitrogens with one attached hydrogen (secondary N) is 1. The second kappa shape index (κ2) is 6.12. The van der Waals surface area contributed by atoms with E-state index in [9.17, 15) is 0 Å². The van der Waals surface area contributed by atoms with Crippen molar-refractivity contribution >= 4 is 0 Å². The molecule has 1 N–H and O–H groups in total. The van der Waals surface area contributed by atoms with Crippen LogP contribution in [-0.2, 0) is 6.54 Å². The molecule has 0 aliphatic carbocycles. The first-order valence-electron chi connectivity index (χ1n) is 6.35. The van der Waals surface area contributed by atoms with Crippen molar-refractivity contribution in [2.24, 2.45) is 0 Å². The molecular weight excluding hydrogens is 234 g/mol. The van der Waals surface area contributed by atoms with Crippen LogP contribution in [0.5, 0.6) is 0 Å². The molecular formula is C16H17N3. The Balaban J connectivity index is 1.97. The minimum atomic E-state index is 0.232. The molecule has 0 aliphatic heterocycles. The number of aromatic nitrogens is 1. The number of benzene rings is 1. The molecule has 0 fully saturated rings. The quantitative estimate of drug-likeness (QED) is 0.908. The lowest BCUT2D eigenvalue weighted by molar-refractivity contribution is 0.567. The molecule has 19 heavy (non-hydrogen) atoms. The fourth-order valence-corrected chi connectivity index (χ4v) is 1.92. The van der Waals surface area contributed by atoms with Crippen molar-refractivity contribution in [3.8, 4) is 6.07 Å². The van der Waals surface area contributed by atoms with Crippen molar-refractivity contribution in [1.29, 1.82) is 5.26 Å². The SMILES string of the molecule is Cc1cccc(CNC(C)c2ccc(C#N)cc2)n1. The Morgan fingerprint density at radius 2 is 1.95 bits per heavy atom. The van der Waals surface area contributed by atoms with E-state index in [0.29, 0.717) is 5.56 Å². The highest BCUT2D eigenvalue weighted by Gasteiger charge is 2.05. The third-order valence-corrected chi connectivity index (χ3v) is 3.08. The standard InChI is InChI=1S/C16H17N3/c1-12-4-3-5-16(19-12)11-18-13(2)15-8-6-14(10-17)7-9-15/h3-9,13,18H,11H2,1-2H3. The molecule has 2 rings (SSSR count). The topological polar surface area (TPSA) is 48.7 Å². The summed E-state index contributed by atoms with van der Waals surface area (Å²) in [4.78, 5) is 4.46. The first-order valence-corrected chi connectivity index (χ1v) is 6.35. The summed E-state index contributed by atoms with van der Waals surface area (Å²) in [6.45, 7) is 4.84. The van der Waals surface area contributed by atoms with E-state index < -0.39 is 0 Å². The van der Waals surface area contributed by atoms with E-state index in [1.807, 2.05) is 49.4 Å². The Bertz CT molecular complexity index is 582. The molecule has 3 nitrogen and oxygen atoms in total. The predicted molar refractivity (Wildman–Crippen MR) is 75.4 cm³/mol. The molecule has 2 aromatic rings. The Morgan fingerprint density at radius 3 is 2.58 bits per heavy atom. The molecule has 1 heterocycles. The van der Waals surface area contributed by atoms with E-state index in [-0.39, 0.29) is 6.04 Å². The van der Waals surface area contributed by atoms with Crippen molar-refractivity contribution in [3.05, 3.63) is 65.0 Å². The van der Waals surface area contributed by atoms with Crippen LogP contribution in [-0.4, -0.2) is 4.98 Å². The summed E-state index contributed by atoms with van der Waals surface area (Å²) in [7, 11) is 0. The van der Waals surface area contributed by atoms with Gasteiger partial charge in [-0.1, -0.05) is 18.2 Å². The zero-order chi connectivity index (χ0) is 13.7. The van der Waals surface area contributed by atoms with E-state index in [1.54, 1.807) is 0 Å². The molecule has 1 aromatic heterocycles. The normalized spacial score (nSPS) is 11.8. The lowest BCUT2D eigenvalue weighted by Gasteiger charge is -2.14.